The predicted molar refractivity (Wildman–Crippen MR) is 99.4 cm³/mol. The molecule has 6 heteroatoms. The lowest BCUT2D eigenvalue weighted by Crippen LogP contribution is -2.34. The molecule has 5 nitrogen and oxygen atoms in total. The lowest BCUT2D eigenvalue weighted by molar-refractivity contribution is -0.117. The molecule has 0 saturated heterocycles. The Morgan fingerprint density at radius 3 is 2.58 bits per heavy atom. The summed E-state index contributed by atoms with van der Waals surface area (Å²) in [5.41, 5.74) is 7.29. The van der Waals surface area contributed by atoms with Crippen LogP contribution >= 0.6 is 12.4 Å². The summed E-state index contributed by atoms with van der Waals surface area (Å²) in [5.74, 6) is 0.545. The summed E-state index contributed by atoms with van der Waals surface area (Å²) in [4.78, 5) is 26.0. The maximum atomic E-state index is 12.5. The minimum absolute atomic E-state index is 0. The standard InChI is InChI=1S/C18H27N3O2.ClH/c1-12(2)16(19)9-10-21(3)18(23)14-5-4-6-15(11-14)20-17(22)13-7-8-13;/h4-6,11-13,16H,7-10,19H2,1-3H3,(H,20,22);1H. The first kappa shape index (κ1) is 20.5. The Hall–Kier alpha value is -1.59. The van der Waals surface area contributed by atoms with Crippen LogP contribution in [0, 0.1) is 11.8 Å². The summed E-state index contributed by atoms with van der Waals surface area (Å²) in [7, 11) is 1.78. The third kappa shape index (κ3) is 5.80. The Labute approximate surface area is 150 Å². The highest BCUT2D eigenvalue weighted by Crippen LogP contribution is 2.30. The Morgan fingerprint density at radius 1 is 1.33 bits per heavy atom. The molecule has 1 fully saturated rings. The van der Waals surface area contributed by atoms with E-state index >= 15 is 0 Å². The minimum Gasteiger partial charge on any atom is -0.342 e. The van der Waals surface area contributed by atoms with Crippen molar-refractivity contribution >= 4 is 29.9 Å². The second-order valence-electron chi connectivity index (χ2n) is 6.77. The van der Waals surface area contributed by atoms with Crippen molar-refractivity contribution in [3.8, 4) is 0 Å². The van der Waals surface area contributed by atoms with Gasteiger partial charge in [0, 0.05) is 36.8 Å². The highest BCUT2D eigenvalue weighted by Gasteiger charge is 2.29. The van der Waals surface area contributed by atoms with E-state index in [0.717, 1.165) is 19.3 Å². The van der Waals surface area contributed by atoms with Gasteiger partial charge in [-0.25, -0.2) is 0 Å². The third-order valence-corrected chi connectivity index (χ3v) is 4.33. The maximum Gasteiger partial charge on any atom is 0.253 e. The first-order valence-electron chi connectivity index (χ1n) is 8.30. The second-order valence-corrected chi connectivity index (χ2v) is 6.77. The molecule has 0 aliphatic heterocycles. The summed E-state index contributed by atoms with van der Waals surface area (Å²) < 4.78 is 0. The molecule has 0 radical (unpaired) electrons. The molecule has 0 bridgehead atoms. The van der Waals surface area contributed by atoms with E-state index in [4.69, 9.17) is 5.73 Å². The number of amides is 2. The molecule has 0 aromatic heterocycles. The first-order chi connectivity index (χ1) is 10.9. The zero-order chi connectivity index (χ0) is 17.0. The van der Waals surface area contributed by atoms with Gasteiger partial charge in [-0.2, -0.15) is 0 Å². The van der Waals surface area contributed by atoms with Crippen LogP contribution in [-0.4, -0.2) is 36.3 Å². The number of nitrogens with two attached hydrogens (primary N) is 1. The molecule has 1 unspecified atom stereocenters. The van der Waals surface area contributed by atoms with Crippen LogP contribution < -0.4 is 11.1 Å². The van der Waals surface area contributed by atoms with Gasteiger partial charge in [-0.05, 0) is 43.4 Å². The fraction of sp³-hybridized carbons (Fsp3) is 0.556. The van der Waals surface area contributed by atoms with Gasteiger partial charge in [0.2, 0.25) is 5.91 Å². The summed E-state index contributed by atoms with van der Waals surface area (Å²) in [6, 6.07) is 7.21. The van der Waals surface area contributed by atoms with Crippen LogP contribution in [0.15, 0.2) is 24.3 Å². The molecule has 1 aliphatic carbocycles. The molecule has 0 heterocycles. The SMILES string of the molecule is CC(C)C(N)CCN(C)C(=O)c1cccc(NC(=O)C2CC2)c1.Cl. The van der Waals surface area contributed by atoms with Crippen molar-refractivity contribution in [3.05, 3.63) is 29.8 Å². The van der Waals surface area contributed by atoms with Crippen molar-refractivity contribution in [2.24, 2.45) is 17.6 Å². The van der Waals surface area contributed by atoms with E-state index < -0.39 is 0 Å². The van der Waals surface area contributed by atoms with Gasteiger partial charge < -0.3 is 16.0 Å². The fourth-order valence-corrected chi connectivity index (χ4v) is 2.32. The van der Waals surface area contributed by atoms with Crippen LogP contribution in [-0.2, 0) is 4.79 Å². The van der Waals surface area contributed by atoms with Crippen molar-refractivity contribution < 1.29 is 9.59 Å². The monoisotopic (exact) mass is 353 g/mol. The molecule has 134 valence electrons. The number of carbonyl (C=O) groups excluding carboxylic acids is 2. The molecule has 1 saturated carbocycles. The van der Waals surface area contributed by atoms with E-state index in [1.807, 2.05) is 6.07 Å². The quantitative estimate of drug-likeness (QED) is 0.791. The average Bonchev–Trinajstić information content (AvgIpc) is 3.36. The highest BCUT2D eigenvalue weighted by molar-refractivity contribution is 5.98. The Balaban J connectivity index is 0.00000288. The van der Waals surface area contributed by atoms with Crippen molar-refractivity contribution in [2.75, 3.05) is 18.9 Å². The smallest absolute Gasteiger partial charge is 0.253 e. The van der Waals surface area contributed by atoms with Crippen LogP contribution in [0.5, 0.6) is 0 Å². The first-order valence-corrected chi connectivity index (χ1v) is 8.30. The Morgan fingerprint density at radius 2 is 2.00 bits per heavy atom. The van der Waals surface area contributed by atoms with Crippen LogP contribution in [0.4, 0.5) is 5.69 Å². The van der Waals surface area contributed by atoms with Gasteiger partial charge in [-0.15, -0.1) is 12.4 Å². The van der Waals surface area contributed by atoms with E-state index in [2.05, 4.69) is 19.2 Å². The number of nitrogens with one attached hydrogen (secondary N) is 1. The lowest BCUT2D eigenvalue weighted by Gasteiger charge is -2.21. The summed E-state index contributed by atoms with van der Waals surface area (Å²) >= 11 is 0. The van der Waals surface area contributed by atoms with E-state index in [-0.39, 0.29) is 36.2 Å². The summed E-state index contributed by atoms with van der Waals surface area (Å²) in [5, 5.41) is 2.87. The second kappa shape index (κ2) is 9.04. The number of hydrogen-bond acceptors (Lipinski definition) is 3. The number of halogens is 1. The normalized spacial score (nSPS) is 14.7. The topological polar surface area (TPSA) is 75.4 Å². The van der Waals surface area contributed by atoms with Crippen molar-refractivity contribution in [2.45, 2.75) is 39.2 Å². The van der Waals surface area contributed by atoms with E-state index in [9.17, 15) is 9.59 Å². The van der Waals surface area contributed by atoms with Gasteiger partial charge in [0.05, 0.1) is 0 Å². The molecule has 2 rings (SSSR count). The fourth-order valence-electron chi connectivity index (χ4n) is 2.32. The van der Waals surface area contributed by atoms with E-state index in [0.29, 0.717) is 23.7 Å². The van der Waals surface area contributed by atoms with Crippen LogP contribution in [0.25, 0.3) is 0 Å². The number of hydrogen-bond donors (Lipinski definition) is 2. The van der Waals surface area contributed by atoms with Crippen LogP contribution in [0.1, 0.15) is 43.5 Å². The molecule has 24 heavy (non-hydrogen) atoms. The van der Waals surface area contributed by atoms with E-state index in [1.165, 1.54) is 0 Å². The van der Waals surface area contributed by atoms with Crippen molar-refractivity contribution in [1.29, 1.82) is 0 Å². The molecule has 1 aromatic rings. The summed E-state index contributed by atoms with van der Waals surface area (Å²) in [6.07, 6.45) is 2.70. The largest absolute Gasteiger partial charge is 0.342 e. The van der Waals surface area contributed by atoms with Gasteiger partial charge in [0.15, 0.2) is 0 Å². The Kier molecular flexibility index (Phi) is 7.70. The van der Waals surface area contributed by atoms with Crippen LogP contribution in [0.3, 0.4) is 0 Å². The lowest BCUT2D eigenvalue weighted by atomic mass is 10.0. The zero-order valence-corrected chi connectivity index (χ0v) is 15.4. The predicted octanol–water partition coefficient (Wildman–Crippen LogP) is 2.90. The number of benzene rings is 1. The van der Waals surface area contributed by atoms with Crippen molar-refractivity contribution in [1.82, 2.24) is 4.90 Å². The van der Waals surface area contributed by atoms with Gasteiger partial charge in [0.1, 0.15) is 0 Å². The minimum atomic E-state index is -0.0523. The molecule has 0 spiro atoms. The zero-order valence-electron chi connectivity index (χ0n) is 14.6. The molecule has 2 amide bonds. The number of anilines is 1. The molecular formula is C18H28ClN3O2. The Bertz CT molecular complexity index is 573. The number of carbonyl (C=O) groups is 2. The van der Waals surface area contributed by atoms with Gasteiger partial charge in [0.25, 0.3) is 5.91 Å². The molecule has 1 atom stereocenters. The maximum absolute atomic E-state index is 12.5. The average molecular weight is 354 g/mol. The molecule has 3 N–H and O–H groups in total. The summed E-state index contributed by atoms with van der Waals surface area (Å²) in [6.45, 7) is 4.79. The van der Waals surface area contributed by atoms with Gasteiger partial charge in [-0.3, -0.25) is 9.59 Å². The van der Waals surface area contributed by atoms with E-state index in [1.54, 1.807) is 30.1 Å². The third-order valence-electron chi connectivity index (χ3n) is 4.33. The van der Waals surface area contributed by atoms with Gasteiger partial charge >= 0.3 is 0 Å². The van der Waals surface area contributed by atoms with Crippen molar-refractivity contribution in [3.63, 3.8) is 0 Å². The number of rotatable bonds is 7. The molecular weight excluding hydrogens is 326 g/mol. The molecule has 1 aliphatic rings. The van der Waals surface area contributed by atoms with Gasteiger partial charge in [-0.1, -0.05) is 19.9 Å². The number of nitrogens with zero attached hydrogens (tertiary/aromatic N) is 1. The van der Waals surface area contributed by atoms with Crippen LogP contribution in [0.2, 0.25) is 0 Å². The highest BCUT2D eigenvalue weighted by atomic mass is 35.5. The molecule has 1 aromatic carbocycles.